The Hall–Kier alpha value is -3.05. The van der Waals surface area contributed by atoms with Gasteiger partial charge in [0.2, 0.25) is 11.8 Å². The summed E-state index contributed by atoms with van der Waals surface area (Å²) in [5.74, 6) is 1.28. The molecule has 3 amide bonds. The summed E-state index contributed by atoms with van der Waals surface area (Å²) in [4.78, 5) is 40.7. The van der Waals surface area contributed by atoms with E-state index in [2.05, 4.69) is 16.6 Å². The second kappa shape index (κ2) is 12.3. The predicted octanol–water partition coefficient (Wildman–Crippen LogP) is 2.60. The molecule has 1 aromatic rings. The predicted molar refractivity (Wildman–Crippen MR) is 127 cm³/mol. The second-order valence-corrected chi connectivity index (χ2v) is 9.42. The number of amides is 3. The van der Waals surface area contributed by atoms with Gasteiger partial charge in [-0.2, -0.15) is 0 Å². The largest absolute Gasteiger partial charge is 0.444 e. The van der Waals surface area contributed by atoms with Crippen LogP contribution in [0.4, 0.5) is 4.79 Å². The normalized spacial score (nSPS) is 13.1. The first-order chi connectivity index (χ1) is 15.3. The summed E-state index contributed by atoms with van der Waals surface area (Å²) in [5.41, 5.74) is 0.170. The molecule has 0 saturated heterocycles. The Kier molecular flexibility index (Phi) is 10.4. The lowest BCUT2D eigenvalue weighted by Crippen LogP contribution is -2.55. The summed E-state index contributed by atoms with van der Waals surface area (Å²) < 4.78 is 5.31. The van der Waals surface area contributed by atoms with Gasteiger partial charge in [-0.1, -0.05) is 38.0 Å². The molecule has 0 saturated carbocycles. The van der Waals surface area contributed by atoms with Gasteiger partial charge >= 0.3 is 6.09 Å². The number of nitrogens with zero attached hydrogens (tertiary/aromatic N) is 1. The van der Waals surface area contributed by atoms with Crippen molar-refractivity contribution in [2.75, 3.05) is 13.2 Å². The van der Waals surface area contributed by atoms with Crippen LogP contribution in [0, 0.1) is 18.3 Å². The molecular weight excluding hydrogens is 422 g/mol. The fourth-order valence-corrected chi connectivity index (χ4v) is 3.28. The van der Waals surface area contributed by atoms with Crippen molar-refractivity contribution in [1.29, 1.82) is 0 Å². The molecule has 0 aromatic heterocycles. The summed E-state index contributed by atoms with van der Waals surface area (Å²) in [5, 5.41) is 15.2. The van der Waals surface area contributed by atoms with E-state index in [1.54, 1.807) is 72.7 Å². The Morgan fingerprint density at radius 2 is 1.73 bits per heavy atom. The molecule has 8 nitrogen and oxygen atoms in total. The lowest BCUT2D eigenvalue weighted by Gasteiger charge is -2.35. The minimum absolute atomic E-state index is 0.132. The maximum absolute atomic E-state index is 13.7. The zero-order chi connectivity index (χ0) is 25.3. The molecule has 0 aliphatic rings. The number of alkyl carbamates (subject to hydrolysis) is 1. The Morgan fingerprint density at radius 1 is 1.12 bits per heavy atom. The van der Waals surface area contributed by atoms with Crippen molar-refractivity contribution in [2.24, 2.45) is 5.92 Å². The quantitative estimate of drug-likeness (QED) is 0.492. The highest BCUT2D eigenvalue weighted by Gasteiger charge is 2.38. The molecule has 1 aromatic carbocycles. The van der Waals surface area contributed by atoms with Crippen molar-refractivity contribution in [3.63, 3.8) is 0 Å². The van der Waals surface area contributed by atoms with Gasteiger partial charge in [0.1, 0.15) is 17.7 Å². The summed E-state index contributed by atoms with van der Waals surface area (Å²) in [6, 6.07) is 4.57. The van der Waals surface area contributed by atoms with E-state index in [1.807, 2.05) is 0 Å². The Morgan fingerprint density at radius 3 is 2.21 bits per heavy atom. The van der Waals surface area contributed by atoms with Crippen LogP contribution in [-0.2, 0) is 14.3 Å². The van der Waals surface area contributed by atoms with Crippen LogP contribution in [0.5, 0.6) is 0 Å². The first kappa shape index (κ1) is 28.0. The molecule has 33 heavy (non-hydrogen) atoms. The minimum atomic E-state index is -1.10. The Balaban J connectivity index is 3.48. The van der Waals surface area contributed by atoms with Crippen molar-refractivity contribution >= 4 is 17.9 Å². The number of terminal acetylenes is 1. The summed E-state index contributed by atoms with van der Waals surface area (Å²) in [6.45, 7) is 11.8. The third kappa shape index (κ3) is 8.43. The van der Waals surface area contributed by atoms with Crippen LogP contribution in [0.25, 0.3) is 0 Å². The molecule has 0 heterocycles. The van der Waals surface area contributed by atoms with Crippen LogP contribution in [0.1, 0.15) is 65.6 Å². The van der Waals surface area contributed by atoms with Crippen LogP contribution < -0.4 is 10.6 Å². The SMILES string of the molecule is C#Cc1ccccc1C(C(=O)NC(C)C)N(CCO)C(=O)C(NC(=O)OC(C)(C)C)C(C)C. The number of carbonyl (C=O) groups is 3. The maximum atomic E-state index is 13.7. The molecule has 0 aliphatic carbocycles. The lowest BCUT2D eigenvalue weighted by atomic mass is 9.95. The van der Waals surface area contributed by atoms with Gasteiger partial charge < -0.3 is 25.4 Å². The highest BCUT2D eigenvalue weighted by atomic mass is 16.6. The van der Waals surface area contributed by atoms with Gasteiger partial charge in [0.25, 0.3) is 0 Å². The van der Waals surface area contributed by atoms with Crippen LogP contribution in [0.3, 0.4) is 0 Å². The zero-order valence-corrected chi connectivity index (χ0v) is 20.6. The van der Waals surface area contributed by atoms with Gasteiger partial charge in [-0.15, -0.1) is 6.42 Å². The molecule has 0 radical (unpaired) electrons. The van der Waals surface area contributed by atoms with E-state index in [4.69, 9.17) is 11.2 Å². The average molecular weight is 460 g/mol. The number of aliphatic hydroxyl groups is 1. The van der Waals surface area contributed by atoms with Crippen molar-refractivity contribution < 1.29 is 24.2 Å². The highest BCUT2D eigenvalue weighted by Crippen LogP contribution is 2.26. The molecule has 1 rings (SSSR count). The van der Waals surface area contributed by atoms with Crippen molar-refractivity contribution in [3.8, 4) is 12.3 Å². The lowest BCUT2D eigenvalue weighted by molar-refractivity contribution is -0.144. The smallest absolute Gasteiger partial charge is 0.408 e. The van der Waals surface area contributed by atoms with E-state index >= 15 is 0 Å². The maximum Gasteiger partial charge on any atom is 0.408 e. The molecule has 3 N–H and O–H groups in total. The fraction of sp³-hybridized carbons (Fsp3) is 0.560. The monoisotopic (exact) mass is 459 g/mol. The molecular formula is C25H37N3O5. The van der Waals surface area contributed by atoms with E-state index < -0.39 is 35.6 Å². The van der Waals surface area contributed by atoms with Crippen LogP contribution in [-0.4, -0.2) is 58.8 Å². The molecule has 182 valence electrons. The Labute approximate surface area is 197 Å². The molecule has 2 unspecified atom stereocenters. The fourth-order valence-electron chi connectivity index (χ4n) is 3.28. The standard InChI is InChI=1S/C25H37N3O5/c1-9-18-12-10-11-13-19(18)21(22(30)26-17(4)5)28(14-15-29)23(31)20(16(2)3)27-24(32)33-25(6,7)8/h1,10-13,16-17,20-21,29H,14-15H2,2-8H3,(H,26,30)(H,27,32). The van der Waals surface area contributed by atoms with Gasteiger partial charge in [0.15, 0.2) is 0 Å². The van der Waals surface area contributed by atoms with E-state index in [0.29, 0.717) is 11.1 Å². The molecule has 0 aliphatic heterocycles. The van der Waals surface area contributed by atoms with Crippen molar-refractivity contribution in [2.45, 2.75) is 72.2 Å². The number of carbonyl (C=O) groups excluding carboxylic acids is 3. The molecule has 0 fully saturated rings. The van der Waals surface area contributed by atoms with Gasteiger partial charge in [0, 0.05) is 18.2 Å². The summed E-state index contributed by atoms with van der Waals surface area (Å²) >= 11 is 0. The second-order valence-electron chi connectivity index (χ2n) is 9.42. The molecule has 2 atom stereocenters. The number of hydrogen-bond acceptors (Lipinski definition) is 5. The van der Waals surface area contributed by atoms with Crippen LogP contribution >= 0.6 is 0 Å². The van der Waals surface area contributed by atoms with E-state index in [-0.39, 0.29) is 25.1 Å². The van der Waals surface area contributed by atoms with E-state index in [1.165, 1.54) is 4.90 Å². The summed E-state index contributed by atoms with van der Waals surface area (Å²) in [7, 11) is 0. The topological polar surface area (TPSA) is 108 Å². The number of benzene rings is 1. The first-order valence-corrected chi connectivity index (χ1v) is 11.1. The number of nitrogens with one attached hydrogen (secondary N) is 2. The average Bonchev–Trinajstić information content (AvgIpc) is 2.69. The molecule has 8 heteroatoms. The van der Waals surface area contributed by atoms with E-state index in [9.17, 15) is 19.5 Å². The van der Waals surface area contributed by atoms with Crippen molar-refractivity contribution in [3.05, 3.63) is 35.4 Å². The minimum Gasteiger partial charge on any atom is -0.444 e. The third-order valence-corrected chi connectivity index (χ3v) is 4.63. The number of hydrogen-bond donors (Lipinski definition) is 3. The van der Waals surface area contributed by atoms with Gasteiger partial charge in [-0.25, -0.2) is 4.79 Å². The van der Waals surface area contributed by atoms with E-state index in [0.717, 1.165) is 0 Å². The van der Waals surface area contributed by atoms with Crippen LogP contribution in [0.15, 0.2) is 24.3 Å². The number of rotatable bonds is 9. The molecule has 0 bridgehead atoms. The van der Waals surface area contributed by atoms with Gasteiger partial charge in [-0.3, -0.25) is 9.59 Å². The number of ether oxygens (including phenoxy) is 1. The molecule has 0 spiro atoms. The zero-order valence-electron chi connectivity index (χ0n) is 20.6. The third-order valence-electron chi connectivity index (χ3n) is 4.63. The summed E-state index contributed by atoms with van der Waals surface area (Å²) in [6.07, 6.45) is 4.92. The first-order valence-electron chi connectivity index (χ1n) is 11.1. The van der Waals surface area contributed by atoms with Gasteiger partial charge in [-0.05, 0) is 52.2 Å². The van der Waals surface area contributed by atoms with Crippen LogP contribution in [0.2, 0.25) is 0 Å². The highest BCUT2D eigenvalue weighted by molar-refractivity contribution is 5.92. The Bertz CT molecular complexity index is 868. The van der Waals surface area contributed by atoms with Gasteiger partial charge in [0.05, 0.1) is 6.61 Å². The number of aliphatic hydroxyl groups excluding tert-OH is 1. The van der Waals surface area contributed by atoms with Crippen molar-refractivity contribution in [1.82, 2.24) is 15.5 Å².